The molecule has 0 heterocycles. The smallest absolute Gasteiger partial charge is 0.306 e. The van der Waals surface area contributed by atoms with Crippen LogP contribution in [0.5, 0.6) is 0 Å². The maximum atomic E-state index is 12.8. The highest BCUT2D eigenvalue weighted by atomic mass is 16.6. The van der Waals surface area contributed by atoms with Gasteiger partial charge in [0, 0.05) is 19.3 Å². The molecule has 0 N–H and O–H groups in total. The molecule has 6 nitrogen and oxygen atoms in total. The van der Waals surface area contributed by atoms with Crippen molar-refractivity contribution < 1.29 is 28.6 Å². The second-order valence-corrected chi connectivity index (χ2v) is 18.8. The number of rotatable bonds is 51. The van der Waals surface area contributed by atoms with E-state index in [-0.39, 0.29) is 31.1 Å². The molecule has 0 saturated carbocycles. The van der Waals surface area contributed by atoms with E-state index in [1.165, 1.54) is 38.5 Å². The van der Waals surface area contributed by atoms with Crippen LogP contribution >= 0.6 is 0 Å². The normalized spacial score (nSPS) is 13.1. The third-order valence-corrected chi connectivity index (χ3v) is 11.8. The Morgan fingerprint density at radius 1 is 0.292 bits per heavy atom. The van der Waals surface area contributed by atoms with Gasteiger partial charge in [-0.2, -0.15) is 0 Å². The molecular weight excluding hydrogens is 889 g/mol. The van der Waals surface area contributed by atoms with Crippen molar-refractivity contribution >= 4 is 17.9 Å². The molecule has 1 atom stereocenters. The second kappa shape index (κ2) is 59.1. The molecule has 1 unspecified atom stereocenters. The van der Waals surface area contributed by atoms with Crippen LogP contribution in [0.4, 0.5) is 0 Å². The van der Waals surface area contributed by atoms with Crippen LogP contribution in [-0.4, -0.2) is 37.2 Å². The van der Waals surface area contributed by atoms with Crippen molar-refractivity contribution in [2.75, 3.05) is 13.2 Å². The van der Waals surface area contributed by atoms with Crippen molar-refractivity contribution in [3.8, 4) is 0 Å². The molecule has 0 aliphatic carbocycles. The van der Waals surface area contributed by atoms with Crippen molar-refractivity contribution in [1.29, 1.82) is 0 Å². The standard InChI is InChI=1S/C66H106O6/c1-4-7-10-13-16-19-22-23-24-25-26-27-28-29-30-31-32-33-34-35-36-37-38-39-40-41-42-43-45-47-50-53-56-59-65(68)71-62-63(61-70-64(67)58-55-52-49-46-21-18-15-12-9-6-3)72-66(69)60-57-54-51-48-44-20-17-14-11-8-5-2/h7,10,12,14-17,19,23-24,26-27,29-30,32-33,35-36,38-39,41-42,63H,4-6,8-9,11,13,18,20-22,25,28,31,34,37,40,43-62H2,1-3H3/b10-7-,15-12-,17-14-,19-16-,24-23-,27-26-,30-29-,33-32-,36-35-,39-38-,42-41-. The Morgan fingerprint density at radius 2 is 0.569 bits per heavy atom. The third kappa shape index (κ3) is 56.5. The predicted molar refractivity (Wildman–Crippen MR) is 311 cm³/mol. The van der Waals surface area contributed by atoms with E-state index < -0.39 is 6.10 Å². The summed E-state index contributed by atoms with van der Waals surface area (Å²) in [4.78, 5) is 38.0. The minimum atomic E-state index is -0.796. The van der Waals surface area contributed by atoms with Crippen molar-refractivity contribution in [2.24, 2.45) is 0 Å². The van der Waals surface area contributed by atoms with Gasteiger partial charge in [-0.1, -0.05) is 231 Å². The average Bonchev–Trinajstić information content (AvgIpc) is 3.38. The van der Waals surface area contributed by atoms with E-state index >= 15 is 0 Å². The highest BCUT2D eigenvalue weighted by molar-refractivity contribution is 5.71. The molecule has 0 radical (unpaired) electrons. The Labute approximate surface area is 443 Å². The highest BCUT2D eigenvalue weighted by Gasteiger charge is 2.19. The van der Waals surface area contributed by atoms with Gasteiger partial charge in [-0.25, -0.2) is 0 Å². The number of allylic oxidation sites excluding steroid dienone is 22. The molecule has 0 aromatic carbocycles. The molecule has 406 valence electrons. The molecule has 0 fully saturated rings. The summed E-state index contributed by atoms with van der Waals surface area (Å²) in [6.45, 7) is 6.38. The minimum absolute atomic E-state index is 0.0951. The molecule has 0 saturated heterocycles. The summed E-state index contributed by atoms with van der Waals surface area (Å²) in [5.74, 6) is -0.942. The molecule has 0 aromatic rings. The highest BCUT2D eigenvalue weighted by Crippen LogP contribution is 2.13. The van der Waals surface area contributed by atoms with Gasteiger partial charge < -0.3 is 14.2 Å². The van der Waals surface area contributed by atoms with E-state index in [1.807, 2.05) is 0 Å². The van der Waals surface area contributed by atoms with Gasteiger partial charge in [0.1, 0.15) is 13.2 Å². The molecule has 0 aromatic heterocycles. The summed E-state index contributed by atoms with van der Waals surface area (Å²) in [6, 6.07) is 0. The average molecular weight is 996 g/mol. The number of esters is 3. The third-order valence-electron chi connectivity index (χ3n) is 11.8. The number of hydrogen-bond acceptors (Lipinski definition) is 6. The fraction of sp³-hybridized carbons (Fsp3) is 0.621. The van der Waals surface area contributed by atoms with Crippen LogP contribution in [0.25, 0.3) is 0 Å². The molecule has 6 heteroatoms. The SMILES string of the molecule is CC/C=C\C/C=C\C/C=C\C/C=C\C/C=C\C/C=C\C/C=C\C/C=C\C/C=C\CCCCCCCC(=O)OCC(COC(=O)CCCCCCC/C=C\CCC)OC(=O)CCCCCCC/C=C\CCCC. The van der Waals surface area contributed by atoms with E-state index in [2.05, 4.69) is 154 Å². The van der Waals surface area contributed by atoms with Crippen LogP contribution in [0.2, 0.25) is 0 Å². The van der Waals surface area contributed by atoms with Crippen LogP contribution < -0.4 is 0 Å². The number of carbonyl (C=O) groups is 3. The fourth-order valence-electron chi connectivity index (χ4n) is 7.48. The zero-order valence-electron chi connectivity index (χ0n) is 46.4. The van der Waals surface area contributed by atoms with E-state index in [1.54, 1.807) is 0 Å². The van der Waals surface area contributed by atoms with Gasteiger partial charge in [-0.05, 0) is 128 Å². The molecule has 0 bridgehead atoms. The van der Waals surface area contributed by atoms with Gasteiger partial charge in [0.15, 0.2) is 6.10 Å². The Kier molecular flexibility index (Phi) is 55.5. The Bertz CT molecular complexity index is 1560. The molecule has 0 amide bonds. The first kappa shape index (κ1) is 67.5. The van der Waals surface area contributed by atoms with E-state index in [9.17, 15) is 14.4 Å². The van der Waals surface area contributed by atoms with Gasteiger partial charge in [0.25, 0.3) is 0 Å². The Balaban J connectivity index is 4.23. The van der Waals surface area contributed by atoms with Crippen LogP contribution in [0.15, 0.2) is 134 Å². The zero-order chi connectivity index (χ0) is 52.2. The molecule has 0 spiro atoms. The first-order valence-corrected chi connectivity index (χ1v) is 29.2. The maximum absolute atomic E-state index is 12.8. The lowest BCUT2D eigenvalue weighted by Gasteiger charge is -2.18. The van der Waals surface area contributed by atoms with E-state index in [0.717, 1.165) is 167 Å². The number of hydrogen-bond donors (Lipinski definition) is 0. The lowest BCUT2D eigenvalue weighted by Crippen LogP contribution is -2.30. The van der Waals surface area contributed by atoms with Gasteiger partial charge in [-0.15, -0.1) is 0 Å². The lowest BCUT2D eigenvalue weighted by molar-refractivity contribution is -0.167. The van der Waals surface area contributed by atoms with Gasteiger partial charge >= 0.3 is 17.9 Å². The van der Waals surface area contributed by atoms with Crippen LogP contribution in [0, 0.1) is 0 Å². The number of carbonyl (C=O) groups excluding carboxylic acids is 3. The van der Waals surface area contributed by atoms with Crippen LogP contribution in [-0.2, 0) is 28.6 Å². The molecule has 72 heavy (non-hydrogen) atoms. The van der Waals surface area contributed by atoms with Crippen LogP contribution in [0.1, 0.15) is 245 Å². The predicted octanol–water partition coefficient (Wildman–Crippen LogP) is 19.8. The molecule has 0 aliphatic heterocycles. The summed E-state index contributed by atoms with van der Waals surface area (Å²) in [6.07, 6.45) is 83.2. The maximum Gasteiger partial charge on any atom is 0.306 e. The summed E-state index contributed by atoms with van der Waals surface area (Å²) < 4.78 is 16.8. The van der Waals surface area contributed by atoms with Crippen molar-refractivity contribution in [3.05, 3.63) is 134 Å². The van der Waals surface area contributed by atoms with Crippen molar-refractivity contribution in [1.82, 2.24) is 0 Å². The minimum Gasteiger partial charge on any atom is -0.462 e. The van der Waals surface area contributed by atoms with Gasteiger partial charge in [-0.3, -0.25) is 14.4 Å². The summed E-state index contributed by atoms with van der Waals surface area (Å²) in [7, 11) is 0. The monoisotopic (exact) mass is 995 g/mol. The fourth-order valence-corrected chi connectivity index (χ4v) is 7.48. The van der Waals surface area contributed by atoms with Gasteiger partial charge in [0.2, 0.25) is 0 Å². The first-order chi connectivity index (χ1) is 35.5. The van der Waals surface area contributed by atoms with E-state index in [4.69, 9.17) is 14.2 Å². The number of unbranched alkanes of at least 4 members (excludes halogenated alkanes) is 18. The largest absolute Gasteiger partial charge is 0.462 e. The molecular formula is C66H106O6. The summed E-state index contributed by atoms with van der Waals surface area (Å²) in [5, 5.41) is 0. The summed E-state index contributed by atoms with van der Waals surface area (Å²) >= 11 is 0. The Morgan fingerprint density at radius 3 is 0.917 bits per heavy atom. The second-order valence-electron chi connectivity index (χ2n) is 18.8. The lowest BCUT2D eigenvalue weighted by atomic mass is 10.1. The topological polar surface area (TPSA) is 78.9 Å². The molecule has 0 rings (SSSR count). The zero-order valence-corrected chi connectivity index (χ0v) is 46.4. The van der Waals surface area contributed by atoms with Crippen LogP contribution in [0.3, 0.4) is 0 Å². The Hall–Kier alpha value is -4.45. The molecule has 0 aliphatic rings. The van der Waals surface area contributed by atoms with Gasteiger partial charge in [0.05, 0.1) is 0 Å². The van der Waals surface area contributed by atoms with E-state index in [0.29, 0.717) is 19.3 Å². The van der Waals surface area contributed by atoms with Crippen molar-refractivity contribution in [2.45, 2.75) is 252 Å². The van der Waals surface area contributed by atoms with Crippen molar-refractivity contribution in [3.63, 3.8) is 0 Å². The first-order valence-electron chi connectivity index (χ1n) is 29.2. The quantitative estimate of drug-likeness (QED) is 0.0261. The summed E-state index contributed by atoms with van der Waals surface area (Å²) in [5.41, 5.74) is 0. The number of ether oxygens (including phenoxy) is 3.